The number of pyridine rings is 1. The zero-order valence-electron chi connectivity index (χ0n) is 24.7. The number of likely N-dealkylation sites (N-methyl/N-ethyl adjacent to an activating group) is 1. The molecule has 1 aliphatic rings. The molecule has 11 heteroatoms. The molecule has 0 radical (unpaired) electrons. The highest BCUT2D eigenvalue weighted by atomic mass is 16.5. The average molecular weight is 577 g/mol. The van der Waals surface area contributed by atoms with E-state index in [0.717, 1.165) is 23.9 Å². The van der Waals surface area contributed by atoms with Crippen molar-refractivity contribution >= 4 is 34.4 Å². The molecule has 1 aromatic carbocycles. The molecule has 2 aromatic heterocycles. The van der Waals surface area contributed by atoms with Crippen molar-refractivity contribution in [2.75, 3.05) is 26.0 Å². The summed E-state index contributed by atoms with van der Waals surface area (Å²) >= 11 is 0. The molecule has 0 aliphatic carbocycles. The molecule has 1 fully saturated rings. The van der Waals surface area contributed by atoms with E-state index in [0.29, 0.717) is 31.2 Å². The number of imidazole rings is 1. The highest BCUT2D eigenvalue weighted by Gasteiger charge is 2.28. The highest BCUT2D eigenvalue weighted by Crippen LogP contribution is 2.20. The number of anilines is 1. The number of amides is 3. The van der Waals surface area contributed by atoms with Crippen molar-refractivity contribution < 1.29 is 19.1 Å². The van der Waals surface area contributed by atoms with Crippen molar-refractivity contribution in [3.05, 3.63) is 70.4 Å². The van der Waals surface area contributed by atoms with Crippen molar-refractivity contribution in [1.29, 1.82) is 0 Å². The molecule has 0 bridgehead atoms. The van der Waals surface area contributed by atoms with Crippen molar-refractivity contribution in [3.8, 4) is 0 Å². The molecule has 2 atom stereocenters. The predicted molar refractivity (Wildman–Crippen MR) is 161 cm³/mol. The first-order valence-electron chi connectivity index (χ1n) is 14.4. The van der Waals surface area contributed by atoms with Crippen molar-refractivity contribution in [2.24, 2.45) is 5.92 Å². The third-order valence-electron chi connectivity index (χ3n) is 7.06. The van der Waals surface area contributed by atoms with Gasteiger partial charge in [0.05, 0.1) is 17.6 Å². The van der Waals surface area contributed by atoms with Gasteiger partial charge in [-0.15, -0.1) is 0 Å². The number of para-hydroxylation sites is 1. The first-order valence-corrected chi connectivity index (χ1v) is 14.4. The molecule has 4 rings (SSSR count). The summed E-state index contributed by atoms with van der Waals surface area (Å²) in [4.78, 5) is 60.8. The van der Waals surface area contributed by atoms with Crippen LogP contribution < -0.4 is 16.2 Å². The third kappa shape index (κ3) is 7.94. The number of aromatic nitrogens is 3. The normalized spacial score (nSPS) is 15.8. The fourth-order valence-corrected chi connectivity index (χ4v) is 4.88. The topological polar surface area (TPSA) is 138 Å². The molecule has 3 heterocycles. The van der Waals surface area contributed by atoms with Crippen LogP contribution in [0.2, 0.25) is 0 Å². The van der Waals surface area contributed by atoms with Gasteiger partial charge in [0, 0.05) is 26.9 Å². The number of carbonyl (C=O) groups is 3. The Balaban J connectivity index is 1.49. The number of carbonyl (C=O) groups excluding carboxylic acids is 3. The van der Waals surface area contributed by atoms with Crippen molar-refractivity contribution in [3.63, 3.8) is 0 Å². The summed E-state index contributed by atoms with van der Waals surface area (Å²) in [5.74, 6) is 0.0530. The number of ether oxygens (including phenoxy) is 1. The van der Waals surface area contributed by atoms with E-state index in [1.807, 2.05) is 12.1 Å². The van der Waals surface area contributed by atoms with Gasteiger partial charge in [-0.25, -0.2) is 4.98 Å². The monoisotopic (exact) mass is 576 g/mol. The number of nitrogens with one attached hydrogen (secondary N) is 3. The van der Waals surface area contributed by atoms with Gasteiger partial charge >= 0.3 is 0 Å². The fourth-order valence-electron chi connectivity index (χ4n) is 4.88. The number of hydrogen-bond acceptors (Lipinski definition) is 6. The minimum atomic E-state index is -0.927. The van der Waals surface area contributed by atoms with Gasteiger partial charge in [-0.3, -0.25) is 19.2 Å². The minimum Gasteiger partial charge on any atom is -0.368 e. The molecule has 1 unspecified atom stereocenters. The van der Waals surface area contributed by atoms with Gasteiger partial charge in [0.2, 0.25) is 17.7 Å². The van der Waals surface area contributed by atoms with Crippen LogP contribution in [0.25, 0.3) is 11.0 Å². The van der Waals surface area contributed by atoms with Gasteiger partial charge in [0.25, 0.3) is 5.56 Å². The molecule has 1 aliphatic heterocycles. The summed E-state index contributed by atoms with van der Waals surface area (Å²) in [6, 6.07) is 8.29. The lowest BCUT2D eigenvalue weighted by molar-refractivity contribution is -0.133. The van der Waals surface area contributed by atoms with E-state index >= 15 is 0 Å². The first-order chi connectivity index (χ1) is 20.1. The zero-order valence-corrected chi connectivity index (χ0v) is 24.7. The predicted octanol–water partition coefficient (Wildman–Crippen LogP) is 3.00. The van der Waals surface area contributed by atoms with Gasteiger partial charge in [-0.1, -0.05) is 32.1 Å². The van der Waals surface area contributed by atoms with Crippen molar-refractivity contribution in [1.82, 2.24) is 24.8 Å². The Morgan fingerprint density at radius 2 is 2.02 bits per heavy atom. The van der Waals surface area contributed by atoms with Crippen LogP contribution in [-0.4, -0.2) is 70.0 Å². The van der Waals surface area contributed by atoms with E-state index in [2.05, 4.69) is 40.5 Å². The van der Waals surface area contributed by atoms with E-state index in [1.54, 1.807) is 32.4 Å². The maximum absolute atomic E-state index is 13.3. The Labute approximate surface area is 245 Å². The van der Waals surface area contributed by atoms with Gasteiger partial charge in [0.1, 0.15) is 23.7 Å². The van der Waals surface area contributed by atoms with E-state index in [-0.39, 0.29) is 30.5 Å². The average Bonchev–Trinajstić information content (AvgIpc) is 3.63. The second kappa shape index (κ2) is 14.1. The Hall–Kier alpha value is -4.25. The van der Waals surface area contributed by atoms with Crippen LogP contribution in [0.4, 0.5) is 5.69 Å². The number of fused-ring (bicyclic) bond motifs is 1. The molecular formula is C31H40N6O5. The zero-order chi connectivity index (χ0) is 30.2. The fraction of sp³-hybridized carbons (Fsp3) is 0.452. The van der Waals surface area contributed by atoms with Crippen LogP contribution in [-0.2, 0) is 32.1 Å². The van der Waals surface area contributed by atoms with Crippen LogP contribution in [0, 0.1) is 5.92 Å². The Morgan fingerprint density at radius 1 is 1.21 bits per heavy atom. The van der Waals surface area contributed by atoms with E-state index in [9.17, 15) is 19.2 Å². The van der Waals surface area contributed by atoms with Gasteiger partial charge in [0.15, 0.2) is 0 Å². The summed E-state index contributed by atoms with van der Waals surface area (Å²) in [5.41, 5.74) is 2.67. The molecule has 1 saturated heterocycles. The molecule has 0 saturated carbocycles. The van der Waals surface area contributed by atoms with Crippen LogP contribution in [0.15, 0.2) is 53.5 Å². The smallest absolute Gasteiger partial charge is 0.274 e. The third-order valence-corrected chi connectivity index (χ3v) is 7.06. The Kier molecular flexibility index (Phi) is 10.3. The van der Waals surface area contributed by atoms with Crippen LogP contribution in [0.1, 0.15) is 50.9 Å². The number of benzene rings is 1. The maximum Gasteiger partial charge on any atom is 0.274 e. The van der Waals surface area contributed by atoms with Gasteiger partial charge < -0.3 is 29.8 Å². The number of nitrogens with zero attached hydrogens (tertiary/aromatic N) is 3. The number of H-pyrrole nitrogens is 1. The van der Waals surface area contributed by atoms with Crippen molar-refractivity contribution in [2.45, 2.75) is 64.6 Å². The van der Waals surface area contributed by atoms with Gasteiger partial charge in [-0.2, -0.15) is 0 Å². The lowest BCUT2D eigenvalue weighted by Gasteiger charge is -2.20. The summed E-state index contributed by atoms with van der Waals surface area (Å²) in [7, 11) is 3.30. The molecule has 3 N–H and O–H groups in total. The molecule has 224 valence electrons. The van der Waals surface area contributed by atoms with Crippen LogP contribution >= 0.6 is 0 Å². The quantitative estimate of drug-likeness (QED) is 0.284. The van der Waals surface area contributed by atoms with E-state index in [1.165, 1.54) is 27.2 Å². The second-order valence-corrected chi connectivity index (χ2v) is 11.2. The lowest BCUT2D eigenvalue weighted by atomic mass is 10.0. The Bertz CT molecular complexity index is 1500. The number of hydrogen-bond donors (Lipinski definition) is 3. The first kappa shape index (κ1) is 30.7. The van der Waals surface area contributed by atoms with Crippen LogP contribution in [0.5, 0.6) is 0 Å². The summed E-state index contributed by atoms with van der Waals surface area (Å²) in [5, 5.41) is 5.47. The number of rotatable bonds is 12. The van der Waals surface area contributed by atoms with Gasteiger partial charge in [-0.05, 0) is 67.9 Å². The SMILES string of the molecule is CC(C)Cc1cccc2nc(Cn3cccc(NC(=O)[C@H](CC/C=C/C(=O)N(C)C)NC(=O)C4CCCO4)c3=O)[nH]c12. The number of allylic oxidation sites excluding steroid dienone is 1. The highest BCUT2D eigenvalue weighted by molar-refractivity contribution is 5.97. The minimum absolute atomic E-state index is 0.0915. The van der Waals surface area contributed by atoms with E-state index < -0.39 is 23.6 Å². The molecule has 42 heavy (non-hydrogen) atoms. The van der Waals surface area contributed by atoms with Crippen LogP contribution in [0.3, 0.4) is 0 Å². The summed E-state index contributed by atoms with van der Waals surface area (Å²) in [6.07, 6.45) is 7.00. The molecular weight excluding hydrogens is 536 g/mol. The summed E-state index contributed by atoms with van der Waals surface area (Å²) < 4.78 is 6.94. The maximum atomic E-state index is 13.3. The Morgan fingerprint density at radius 3 is 2.74 bits per heavy atom. The lowest BCUT2D eigenvalue weighted by Crippen LogP contribution is -2.48. The van der Waals surface area contributed by atoms with E-state index in [4.69, 9.17) is 4.74 Å². The second-order valence-electron chi connectivity index (χ2n) is 11.2. The largest absolute Gasteiger partial charge is 0.368 e. The number of aromatic amines is 1. The molecule has 3 amide bonds. The molecule has 3 aromatic rings. The molecule has 0 spiro atoms. The standard InChI is InChI=1S/C31H40N6O5/c1-20(2)18-21-10-7-12-22-28(21)35-26(32-22)19-37-16-8-13-24(31(37)41)34-29(39)23(11-5-6-15-27(38)36(3)4)33-30(40)25-14-9-17-42-25/h6-8,10,12-13,15-16,20,23,25H,5,9,11,14,17-19H2,1-4H3,(H,32,35)(H,33,40)(H,34,39)/b15-6+/t23-,25?/m0/s1. The molecule has 11 nitrogen and oxygen atoms in total. The summed E-state index contributed by atoms with van der Waals surface area (Å²) in [6.45, 7) is 5.02.